The van der Waals surface area contributed by atoms with E-state index in [-0.39, 0.29) is 18.2 Å². The van der Waals surface area contributed by atoms with Gasteiger partial charge in [0.15, 0.2) is 0 Å². The molecule has 0 bridgehead atoms. The number of ether oxygens (including phenoxy) is 1. The number of halogens is 1. The first-order valence-corrected chi connectivity index (χ1v) is 10.0. The Morgan fingerprint density at radius 1 is 1.36 bits per heavy atom. The summed E-state index contributed by atoms with van der Waals surface area (Å²) in [6, 6.07) is 4.81. The number of hydrogen-bond donors (Lipinski definition) is 2. The number of hydrogen-bond acceptors (Lipinski definition) is 4. The van der Waals surface area contributed by atoms with E-state index in [2.05, 4.69) is 17.7 Å². The van der Waals surface area contributed by atoms with Gasteiger partial charge in [-0.25, -0.2) is 4.79 Å². The predicted octanol–water partition coefficient (Wildman–Crippen LogP) is 3.34. The molecule has 4 amide bonds. The lowest BCUT2D eigenvalue weighted by Crippen LogP contribution is -2.51. The lowest BCUT2D eigenvalue weighted by Gasteiger charge is -2.33. The van der Waals surface area contributed by atoms with E-state index >= 15 is 0 Å². The van der Waals surface area contributed by atoms with Gasteiger partial charge < -0.3 is 10.1 Å². The first kappa shape index (κ1) is 20.5. The Bertz CT molecular complexity index is 775. The van der Waals surface area contributed by atoms with Gasteiger partial charge in [-0.15, -0.1) is 0 Å². The average molecular weight is 408 g/mol. The number of nitrogens with one attached hydrogen (secondary N) is 2. The molecule has 1 aromatic carbocycles. The van der Waals surface area contributed by atoms with E-state index < -0.39 is 11.6 Å². The van der Waals surface area contributed by atoms with Crippen molar-refractivity contribution in [2.75, 3.05) is 6.61 Å². The number of hydrazine groups is 1. The zero-order valence-electron chi connectivity index (χ0n) is 16.2. The van der Waals surface area contributed by atoms with Gasteiger partial charge in [0, 0.05) is 11.4 Å². The van der Waals surface area contributed by atoms with Crippen molar-refractivity contribution in [3.8, 4) is 5.75 Å². The van der Waals surface area contributed by atoms with Gasteiger partial charge in [0.2, 0.25) is 5.91 Å². The van der Waals surface area contributed by atoms with Crippen LogP contribution in [0.3, 0.4) is 0 Å². The van der Waals surface area contributed by atoms with Crippen molar-refractivity contribution in [3.63, 3.8) is 0 Å². The summed E-state index contributed by atoms with van der Waals surface area (Å²) in [5.74, 6) is 0.486. The van der Waals surface area contributed by atoms with Crippen LogP contribution in [0.5, 0.6) is 5.75 Å². The standard InChI is InChI=1S/C20H26ClN3O4/c1-13-7-9-20(10-8-13)18(26)24(19(27)22-20)23-17(25)4-3-11-28-15-5-6-16(21)14(2)12-15/h5-6,12-13H,3-4,7-11H2,1-2H3,(H,22,27)(H,23,25). The molecule has 2 fully saturated rings. The Kier molecular flexibility index (Phi) is 6.13. The van der Waals surface area contributed by atoms with Crippen LogP contribution in [0.4, 0.5) is 4.79 Å². The van der Waals surface area contributed by atoms with Crippen LogP contribution in [-0.4, -0.2) is 35.0 Å². The van der Waals surface area contributed by atoms with Crippen molar-refractivity contribution in [1.82, 2.24) is 15.8 Å². The lowest BCUT2D eigenvalue weighted by molar-refractivity contribution is -0.140. The van der Waals surface area contributed by atoms with Gasteiger partial charge >= 0.3 is 6.03 Å². The summed E-state index contributed by atoms with van der Waals surface area (Å²) in [6.45, 7) is 4.37. The number of imide groups is 1. The summed E-state index contributed by atoms with van der Waals surface area (Å²) in [7, 11) is 0. The molecule has 8 heteroatoms. The Balaban J connectivity index is 1.45. The number of carbonyl (C=O) groups is 3. The number of aryl methyl sites for hydroxylation is 1. The van der Waals surface area contributed by atoms with E-state index in [1.165, 1.54) is 0 Å². The minimum Gasteiger partial charge on any atom is -0.494 e. The van der Waals surface area contributed by atoms with E-state index in [4.69, 9.17) is 16.3 Å². The largest absolute Gasteiger partial charge is 0.494 e. The summed E-state index contributed by atoms with van der Waals surface area (Å²) in [6.07, 6.45) is 3.59. The molecule has 7 nitrogen and oxygen atoms in total. The first-order valence-electron chi connectivity index (χ1n) is 9.66. The van der Waals surface area contributed by atoms with Gasteiger partial charge in [0.1, 0.15) is 11.3 Å². The highest BCUT2D eigenvalue weighted by Gasteiger charge is 2.52. The van der Waals surface area contributed by atoms with Crippen LogP contribution in [0.2, 0.25) is 5.02 Å². The van der Waals surface area contributed by atoms with E-state index in [0.717, 1.165) is 23.4 Å². The Hall–Kier alpha value is -2.28. The van der Waals surface area contributed by atoms with Crippen LogP contribution < -0.4 is 15.5 Å². The van der Waals surface area contributed by atoms with E-state index in [1.54, 1.807) is 12.1 Å². The van der Waals surface area contributed by atoms with Crippen LogP contribution in [0.15, 0.2) is 18.2 Å². The maximum absolute atomic E-state index is 12.7. The SMILES string of the molecule is Cc1cc(OCCCC(=O)NN2C(=O)NC3(CCC(C)CC3)C2=O)ccc1Cl. The van der Waals surface area contributed by atoms with Crippen molar-refractivity contribution < 1.29 is 19.1 Å². The molecule has 2 aliphatic rings. The number of urea groups is 1. The Labute approximate surface area is 169 Å². The molecule has 2 N–H and O–H groups in total. The molecular weight excluding hydrogens is 382 g/mol. The summed E-state index contributed by atoms with van der Waals surface area (Å²) in [4.78, 5) is 37.1. The number of nitrogens with zero attached hydrogens (tertiary/aromatic N) is 1. The van der Waals surface area contributed by atoms with Gasteiger partial charge in [-0.05, 0) is 68.7 Å². The van der Waals surface area contributed by atoms with E-state index in [9.17, 15) is 14.4 Å². The molecule has 0 atom stereocenters. The highest BCUT2D eigenvalue weighted by Crippen LogP contribution is 2.35. The van der Waals surface area contributed by atoms with Gasteiger partial charge in [0.25, 0.3) is 5.91 Å². The topological polar surface area (TPSA) is 87.7 Å². The second kappa shape index (κ2) is 8.39. The van der Waals surface area contributed by atoms with Gasteiger partial charge in [-0.2, -0.15) is 5.01 Å². The summed E-state index contributed by atoms with van der Waals surface area (Å²) < 4.78 is 5.61. The normalized spacial score (nSPS) is 24.4. The van der Waals surface area contributed by atoms with Crippen molar-refractivity contribution in [3.05, 3.63) is 28.8 Å². The molecule has 1 spiro atoms. The van der Waals surface area contributed by atoms with Crippen LogP contribution in [-0.2, 0) is 9.59 Å². The third-order valence-electron chi connectivity index (χ3n) is 5.47. The minimum absolute atomic E-state index is 0.146. The number of benzene rings is 1. The van der Waals surface area contributed by atoms with Crippen molar-refractivity contribution in [1.29, 1.82) is 0 Å². The number of amides is 4. The van der Waals surface area contributed by atoms with Crippen molar-refractivity contribution in [2.24, 2.45) is 5.92 Å². The first-order chi connectivity index (χ1) is 13.3. The zero-order chi connectivity index (χ0) is 20.3. The Morgan fingerprint density at radius 3 is 2.75 bits per heavy atom. The summed E-state index contributed by atoms with van der Waals surface area (Å²) >= 11 is 5.98. The molecule has 1 saturated carbocycles. The fourth-order valence-electron chi connectivity index (χ4n) is 3.63. The minimum atomic E-state index is -0.855. The highest BCUT2D eigenvalue weighted by molar-refractivity contribution is 6.31. The van der Waals surface area contributed by atoms with Crippen LogP contribution in [0, 0.1) is 12.8 Å². The third kappa shape index (κ3) is 4.41. The summed E-state index contributed by atoms with van der Waals surface area (Å²) in [5, 5.41) is 4.29. The quantitative estimate of drug-likeness (QED) is 0.559. The molecule has 1 aromatic rings. The average Bonchev–Trinajstić information content (AvgIpc) is 2.88. The van der Waals surface area contributed by atoms with Crippen molar-refractivity contribution >= 4 is 29.4 Å². The number of rotatable bonds is 6. The molecule has 0 aromatic heterocycles. The monoisotopic (exact) mass is 407 g/mol. The van der Waals surface area contributed by atoms with Crippen LogP contribution in [0.25, 0.3) is 0 Å². The zero-order valence-corrected chi connectivity index (χ0v) is 17.0. The maximum Gasteiger partial charge on any atom is 0.344 e. The highest BCUT2D eigenvalue weighted by atomic mass is 35.5. The van der Waals surface area contributed by atoms with Crippen LogP contribution in [0.1, 0.15) is 51.0 Å². The van der Waals surface area contributed by atoms with Crippen molar-refractivity contribution in [2.45, 2.75) is 57.9 Å². The Morgan fingerprint density at radius 2 is 2.07 bits per heavy atom. The molecule has 28 heavy (non-hydrogen) atoms. The molecular formula is C20H26ClN3O4. The molecule has 0 radical (unpaired) electrons. The van der Waals surface area contributed by atoms with Gasteiger partial charge in [0.05, 0.1) is 6.61 Å². The number of carbonyl (C=O) groups excluding carboxylic acids is 3. The molecule has 1 aliphatic heterocycles. The predicted molar refractivity (Wildman–Crippen MR) is 105 cm³/mol. The fraction of sp³-hybridized carbons (Fsp3) is 0.550. The van der Waals surface area contributed by atoms with Gasteiger partial charge in [-0.3, -0.25) is 15.0 Å². The summed E-state index contributed by atoms with van der Waals surface area (Å²) in [5.41, 5.74) is 2.50. The molecule has 1 aliphatic carbocycles. The van der Waals surface area contributed by atoms with Gasteiger partial charge in [-0.1, -0.05) is 18.5 Å². The fourth-order valence-corrected chi connectivity index (χ4v) is 3.74. The maximum atomic E-state index is 12.7. The molecule has 1 heterocycles. The van der Waals surface area contributed by atoms with E-state index in [0.29, 0.717) is 42.6 Å². The van der Waals surface area contributed by atoms with Crippen LogP contribution >= 0.6 is 11.6 Å². The smallest absolute Gasteiger partial charge is 0.344 e. The second-order valence-electron chi connectivity index (χ2n) is 7.73. The van der Waals surface area contributed by atoms with E-state index in [1.807, 2.05) is 13.0 Å². The molecule has 1 saturated heterocycles. The molecule has 3 rings (SSSR count). The second-order valence-corrected chi connectivity index (χ2v) is 8.14. The third-order valence-corrected chi connectivity index (χ3v) is 5.90. The lowest BCUT2D eigenvalue weighted by atomic mass is 9.77. The molecule has 152 valence electrons. The molecule has 0 unspecified atom stereocenters.